The molecule has 1 aromatic rings. The van der Waals surface area contributed by atoms with Crippen LogP contribution in [0, 0.1) is 5.82 Å². The van der Waals surface area contributed by atoms with Crippen molar-refractivity contribution in [3.05, 3.63) is 34.1 Å². The summed E-state index contributed by atoms with van der Waals surface area (Å²) < 4.78 is 19.4. The second-order valence-electron chi connectivity index (χ2n) is 4.42. The van der Waals surface area contributed by atoms with E-state index in [9.17, 15) is 4.39 Å². The van der Waals surface area contributed by atoms with E-state index in [1.807, 2.05) is 6.07 Å². The van der Waals surface area contributed by atoms with Gasteiger partial charge in [0.15, 0.2) is 0 Å². The Bertz CT molecular complexity index is 395. The van der Waals surface area contributed by atoms with Crippen LogP contribution in [0.1, 0.15) is 18.0 Å². The SMILES string of the molecule is NCC(c1ccc(F)cc1Br)N1CCCOCC1. The Morgan fingerprint density at radius 3 is 2.94 bits per heavy atom. The molecule has 0 aromatic heterocycles. The normalized spacial score (nSPS) is 19.5. The number of hydrogen-bond acceptors (Lipinski definition) is 3. The largest absolute Gasteiger partial charge is 0.380 e. The summed E-state index contributed by atoms with van der Waals surface area (Å²) in [6.07, 6.45) is 1.01. The first kappa shape index (κ1) is 13.9. The van der Waals surface area contributed by atoms with Crippen molar-refractivity contribution in [2.45, 2.75) is 12.5 Å². The number of nitrogens with zero attached hydrogens (tertiary/aromatic N) is 1. The van der Waals surface area contributed by atoms with Gasteiger partial charge in [0.1, 0.15) is 5.82 Å². The molecule has 1 unspecified atom stereocenters. The van der Waals surface area contributed by atoms with E-state index in [0.717, 1.165) is 42.8 Å². The van der Waals surface area contributed by atoms with Crippen molar-refractivity contribution in [1.29, 1.82) is 0 Å². The third-order valence-electron chi connectivity index (χ3n) is 3.24. The summed E-state index contributed by atoms with van der Waals surface area (Å²) in [5, 5.41) is 0. The molecule has 3 nitrogen and oxygen atoms in total. The lowest BCUT2D eigenvalue weighted by atomic mass is 10.0. The number of hydrogen-bond donors (Lipinski definition) is 1. The molecule has 0 amide bonds. The summed E-state index contributed by atoms with van der Waals surface area (Å²) in [4.78, 5) is 2.31. The molecule has 2 N–H and O–H groups in total. The molecular weight excluding hydrogens is 299 g/mol. The highest BCUT2D eigenvalue weighted by atomic mass is 79.9. The topological polar surface area (TPSA) is 38.5 Å². The van der Waals surface area contributed by atoms with Crippen LogP contribution in [-0.4, -0.2) is 37.7 Å². The monoisotopic (exact) mass is 316 g/mol. The maximum absolute atomic E-state index is 13.1. The third-order valence-corrected chi connectivity index (χ3v) is 3.93. The lowest BCUT2D eigenvalue weighted by molar-refractivity contribution is 0.132. The molecule has 2 rings (SSSR count). The molecule has 0 spiro atoms. The Hall–Kier alpha value is -0.490. The van der Waals surface area contributed by atoms with Crippen molar-refractivity contribution >= 4 is 15.9 Å². The van der Waals surface area contributed by atoms with Gasteiger partial charge in [-0.15, -0.1) is 0 Å². The van der Waals surface area contributed by atoms with E-state index in [4.69, 9.17) is 10.5 Å². The predicted octanol–water partition coefficient (Wildman–Crippen LogP) is 2.31. The van der Waals surface area contributed by atoms with Gasteiger partial charge in [-0.1, -0.05) is 22.0 Å². The fraction of sp³-hybridized carbons (Fsp3) is 0.538. The van der Waals surface area contributed by atoms with Crippen LogP contribution in [0.2, 0.25) is 0 Å². The predicted molar refractivity (Wildman–Crippen MR) is 72.9 cm³/mol. The van der Waals surface area contributed by atoms with Gasteiger partial charge in [0, 0.05) is 36.8 Å². The molecule has 1 heterocycles. The average Bonchev–Trinajstić information content (AvgIpc) is 2.62. The Kier molecular flexibility index (Phi) is 5.12. The second-order valence-corrected chi connectivity index (χ2v) is 5.27. The highest BCUT2D eigenvalue weighted by Gasteiger charge is 2.22. The number of rotatable bonds is 3. The van der Waals surface area contributed by atoms with Crippen LogP contribution in [0.15, 0.2) is 22.7 Å². The van der Waals surface area contributed by atoms with E-state index < -0.39 is 0 Å². The quantitative estimate of drug-likeness (QED) is 0.930. The summed E-state index contributed by atoms with van der Waals surface area (Å²) in [7, 11) is 0. The smallest absolute Gasteiger partial charge is 0.124 e. The van der Waals surface area contributed by atoms with Crippen LogP contribution in [0.25, 0.3) is 0 Å². The first-order valence-electron chi connectivity index (χ1n) is 6.19. The summed E-state index contributed by atoms with van der Waals surface area (Å²) in [5.41, 5.74) is 6.94. The summed E-state index contributed by atoms with van der Waals surface area (Å²) in [5.74, 6) is -0.236. The van der Waals surface area contributed by atoms with E-state index in [-0.39, 0.29) is 11.9 Å². The van der Waals surface area contributed by atoms with Crippen LogP contribution in [0.3, 0.4) is 0 Å². The third kappa shape index (κ3) is 3.29. The highest BCUT2D eigenvalue weighted by molar-refractivity contribution is 9.10. The molecule has 1 aliphatic heterocycles. The molecule has 18 heavy (non-hydrogen) atoms. The summed E-state index contributed by atoms with van der Waals surface area (Å²) >= 11 is 3.42. The minimum absolute atomic E-state index is 0.113. The second kappa shape index (κ2) is 6.61. The lowest BCUT2D eigenvalue weighted by Gasteiger charge is -2.30. The zero-order valence-electron chi connectivity index (χ0n) is 10.2. The van der Waals surface area contributed by atoms with Gasteiger partial charge in [-0.25, -0.2) is 4.39 Å². The van der Waals surface area contributed by atoms with E-state index in [1.165, 1.54) is 12.1 Å². The Morgan fingerprint density at radius 1 is 1.39 bits per heavy atom. The summed E-state index contributed by atoms with van der Waals surface area (Å²) in [6.45, 7) is 3.88. The van der Waals surface area contributed by atoms with Crippen molar-refractivity contribution in [2.24, 2.45) is 5.73 Å². The van der Waals surface area contributed by atoms with Crippen LogP contribution < -0.4 is 5.73 Å². The van der Waals surface area contributed by atoms with Crippen molar-refractivity contribution in [2.75, 3.05) is 32.8 Å². The maximum Gasteiger partial charge on any atom is 0.124 e. The number of ether oxygens (including phenoxy) is 1. The van der Waals surface area contributed by atoms with Gasteiger partial charge in [0.25, 0.3) is 0 Å². The van der Waals surface area contributed by atoms with Gasteiger partial charge in [0.05, 0.1) is 6.61 Å². The van der Waals surface area contributed by atoms with Gasteiger partial charge in [-0.3, -0.25) is 4.90 Å². The van der Waals surface area contributed by atoms with Crippen LogP contribution in [0.4, 0.5) is 4.39 Å². The number of halogens is 2. The van der Waals surface area contributed by atoms with E-state index in [1.54, 1.807) is 0 Å². The van der Waals surface area contributed by atoms with Gasteiger partial charge in [-0.2, -0.15) is 0 Å². The lowest BCUT2D eigenvalue weighted by Crippen LogP contribution is -2.35. The molecule has 1 atom stereocenters. The first-order chi connectivity index (χ1) is 8.72. The maximum atomic E-state index is 13.1. The molecule has 0 aliphatic carbocycles. The van der Waals surface area contributed by atoms with E-state index in [2.05, 4.69) is 20.8 Å². The van der Waals surface area contributed by atoms with E-state index >= 15 is 0 Å². The van der Waals surface area contributed by atoms with E-state index in [0.29, 0.717) is 6.54 Å². The molecule has 100 valence electrons. The molecule has 5 heteroatoms. The van der Waals surface area contributed by atoms with Crippen molar-refractivity contribution in [3.63, 3.8) is 0 Å². The van der Waals surface area contributed by atoms with Gasteiger partial charge in [-0.05, 0) is 24.1 Å². The molecule has 0 bridgehead atoms. The Labute approximate surface area is 115 Å². The molecule has 1 fully saturated rings. The Balaban J connectivity index is 2.20. The number of benzene rings is 1. The fourth-order valence-corrected chi connectivity index (χ4v) is 2.94. The van der Waals surface area contributed by atoms with Crippen LogP contribution in [0.5, 0.6) is 0 Å². The van der Waals surface area contributed by atoms with Crippen molar-refractivity contribution in [1.82, 2.24) is 4.90 Å². The van der Waals surface area contributed by atoms with Crippen LogP contribution in [-0.2, 0) is 4.74 Å². The number of nitrogens with two attached hydrogens (primary N) is 1. The summed E-state index contributed by atoms with van der Waals surface area (Å²) in [6, 6.07) is 4.90. The molecule has 1 aromatic carbocycles. The molecular formula is C13H18BrFN2O. The zero-order valence-corrected chi connectivity index (χ0v) is 11.8. The minimum atomic E-state index is -0.236. The van der Waals surface area contributed by atoms with Crippen LogP contribution >= 0.6 is 15.9 Å². The molecule has 1 aliphatic rings. The van der Waals surface area contributed by atoms with Crippen molar-refractivity contribution in [3.8, 4) is 0 Å². The minimum Gasteiger partial charge on any atom is -0.380 e. The standard InChI is InChI=1S/C13H18BrFN2O/c14-12-8-10(15)2-3-11(12)13(9-16)17-4-1-6-18-7-5-17/h2-3,8,13H,1,4-7,9,16H2. The van der Waals surface area contributed by atoms with Gasteiger partial charge >= 0.3 is 0 Å². The average molecular weight is 317 g/mol. The van der Waals surface area contributed by atoms with Crippen molar-refractivity contribution < 1.29 is 9.13 Å². The molecule has 0 saturated carbocycles. The molecule has 0 radical (unpaired) electrons. The van der Waals surface area contributed by atoms with Gasteiger partial charge < -0.3 is 10.5 Å². The first-order valence-corrected chi connectivity index (χ1v) is 6.98. The zero-order chi connectivity index (χ0) is 13.0. The van der Waals surface area contributed by atoms with Gasteiger partial charge in [0.2, 0.25) is 0 Å². The fourth-order valence-electron chi connectivity index (χ4n) is 2.32. The molecule has 1 saturated heterocycles. The highest BCUT2D eigenvalue weighted by Crippen LogP contribution is 2.28. The Morgan fingerprint density at radius 2 is 2.22 bits per heavy atom.